The molecule has 1 aromatic rings. The summed E-state index contributed by atoms with van der Waals surface area (Å²) in [7, 11) is 0. The molecule has 0 aliphatic heterocycles. The number of aliphatic hydroxyl groups is 1. The van der Waals surface area contributed by atoms with E-state index in [0.717, 1.165) is 12.0 Å². The molecule has 0 saturated carbocycles. The van der Waals surface area contributed by atoms with Crippen molar-refractivity contribution < 1.29 is 14.6 Å². The Morgan fingerprint density at radius 1 is 0.788 bits per heavy atom. The topological polar surface area (TPSA) is 62.5 Å². The van der Waals surface area contributed by atoms with Gasteiger partial charge in [0.05, 0.1) is 31.5 Å². The van der Waals surface area contributed by atoms with Gasteiger partial charge in [0, 0.05) is 6.61 Å². The van der Waals surface area contributed by atoms with Crippen LogP contribution in [0, 0.1) is 11.3 Å². The van der Waals surface area contributed by atoms with Crippen molar-refractivity contribution in [2.45, 2.75) is 122 Å². The van der Waals surface area contributed by atoms with E-state index < -0.39 is 0 Å². The molecule has 1 atom stereocenters. The van der Waals surface area contributed by atoms with Crippen LogP contribution < -0.4 is 0 Å². The molecule has 0 unspecified atom stereocenters. The summed E-state index contributed by atoms with van der Waals surface area (Å²) >= 11 is 0. The van der Waals surface area contributed by atoms with Crippen molar-refractivity contribution >= 4 is 0 Å². The Labute approximate surface area is 203 Å². The van der Waals surface area contributed by atoms with Crippen molar-refractivity contribution in [1.82, 2.24) is 0 Å². The lowest BCUT2D eigenvalue weighted by molar-refractivity contribution is -0.0503. The number of ether oxygens (including phenoxy) is 2. The van der Waals surface area contributed by atoms with Crippen LogP contribution in [0.3, 0.4) is 0 Å². The third-order valence-electron chi connectivity index (χ3n) is 6.26. The molecule has 0 aliphatic carbocycles. The summed E-state index contributed by atoms with van der Waals surface area (Å²) in [6.07, 6.45) is 21.5. The predicted octanol–water partition coefficient (Wildman–Crippen LogP) is 7.71. The summed E-state index contributed by atoms with van der Waals surface area (Å²) in [5.74, 6) is 0. The Kier molecular flexibility index (Phi) is 20.1. The Hall–Kier alpha value is -1.41. The highest BCUT2D eigenvalue weighted by Crippen LogP contribution is 2.14. The van der Waals surface area contributed by atoms with Crippen LogP contribution in [-0.2, 0) is 16.1 Å². The fourth-order valence-electron chi connectivity index (χ4n) is 4.08. The Morgan fingerprint density at radius 2 is 1.30 bits per heavy atom. The minimum absolute atomic E-state index is 0.0757. The summed E-state index contributed by atoms with van der Waals surface area (Å²) < 4.78 is 11.4. The predicted molar refractivity (Wildman–Crippen MR) is 137 cm³/mol. The summed E-state index contributed by atoms with van der Waals surface area (Å²) in [6, 6.07) is 9.56. The standard InChI is InChI=1S/C29H49NO3/c1-2-3-4-5-6-7-8-9-10-11-12-13-14-15-16-19-22-32-26-29(24-31)33-25-28-21-18-17-20-27(28)23-30/h17-18,20-21,29,31H,2-16,19,22,24-26H2,1H3/t29-/m0/s1. The number of hydrogen-bond donors (Lipinski definition) is 1. The minimum Gasteiger partial charge on any atom is -0.394 e. The number of unbranched alkanes of at least 4 members (excludes halogenated alkanes) is 15. The van der Waals surface area contributed by atoms with E-state index in [2.05, 4.69) is 13.0 Å². The van der Waals surface area contributed by atoms with Gasteiger partial charge in [-0.15, -0.1) is 0 Å². The van der Waals surface area contributed by atoms with Crippen molar-refractivity contribution in [1.29, 1.82) is 5.26 Å². The maximum atomic E-state index is 9.50. The van der Waals surface area contributed by atoms with E-state index in [0.29, 0.717) is 25.4 Å². The highest BCUT2D eigenvalue weighted by atomic mass is 16.5. The van der Waals surface area contributed by atoms with Crippen LogP contribution in [0.4, 0.5) is 0 Å². The summed E-state index contributed by atoms with van der Waals surface area (Å²) in [5.41, 5.74) is 1.46. The van der Waals surface area contributed by atoms with Gasteiger partial charge in [-0.05, 0) is 18.1 Å². The molecular formula is C29H49NO3. The molecule has 4 nitrogen and oxygen atoms in total. The zero-order valence-electron chi connectivity index (χ0n) is 21.2. The molecule has 4 heteroatoms. The largest absolute Gasteiger partial charge is 0.394 e. The molecule has 0 amide bonds. The Balaban J connectivity index is 1.86. The lowest BCUT2D eigenvalue weighted by Gasteiger charge is -2.16. The molecule has 0 aliphatic rings. The van der Waals surface area contributed by atoms with Gasteiger partial charge < -0.3 is 14.6 Å². The van der Waals surface area contributed by atoms with Gasteiger partial charge in [-0.2, -0.15) is 5.26 Å². The van der Waals surface area contributed by atoms with E-state index in [1.807, 2.05) is 18.2 Å². The Bertz CT molecular complexity index is 599. The highest BCUT2D eigenvalue weighted by Gasteiger charge is 2.10. The fourth-order valence-corrected chi connectivity index (χ4v) is 4.08. The maximum absolute atomic E-state index is 9.50. The van der Waals surface area contributed by atoms with E-state index in [4.69, 9.17) is 14.7 Å². The summed E-state index contributed by atoms with van der Waals surface area (Å²) in [4.78, 5) is 0. The first-order valence-corrected chi connectivity index (χ1v) is 13.6. The minimum atomic E-state index is -0.349. The number of nitriles is 1. The summed E-state index contributed by atoms with van der Waals surface area (Å²) in [6.45, 7) is 3.63. The quantitative estimate of drug-likeness (QED) is 0.170. The van der Waals surface area contributed by atoms with Crippen LogP contribution in [0.25, 0.3) is 0 Å². The second-order valence-corrected chi connectivity index (χ2v) is 9.26. The van der Waals surface area contributed by atoms with Crippen LogP contribution in [0.1, 0.15) is 121 Å². The fraction of sp³-hybridized carbons (Fsp3) is 0.759. The van der Waals surface area contributed by atoms with Crippen molar-refractivity contribution in [2.24, 2.45) is 0 Å². The molecule has 1 rings (SSSR count). The van der Waals surface area contributed by atoms with Crippen molar-refractivity contribution in [2.75, 3.05) is 19.8 Å². The second-order valence-electron chi connectivity index (χ2n) is 9.26. The van der Waals surface area contributed by atoms with E-state index in [-0.39, 0.29) is 12.7 Å². The molecule has 0 aromatic heterocycles. The van der Waals surface area contributed by atoms with Crippen LogP contribution in [0.2, 0.25) is 0 Å². The van der Waals surface area contributed by atoms with E-state index in [9.17, 15) is 5.11 Å². The van der Waals surface area contributed by atoms with Crippen LogP contribution in [-0.4, -0.2) is 31.0 Å². The molecule has 188 valence electrons. The number of nitrogens with zero attached hydrogens (tertiary/aromatic N) is 1. The number of rotatable bonds is 23. The monoisotopic (exact) mass is 459 g/mol. The van der Waals surface area contributed by atoms with E-state index in [1.54, 1.807) is 6.07 Å². The average molecular weight is 460 g/mol. The third-order valence-corrected chi connectivity index (χ3v) is 6.26. The SMILES string of the molecule is CCCCCCCCCCCCCCCCCCOC[C@H](CO)OCc1ccccc1C#N. The van der Waals surface area contributed by atoms with Crippen LogP contribution in [0.5, 0.6) is 0 Å². The van der Waals surface area contributed by atoms with Crippen molar-refractivity contribution in [3.63, 3.8) is 0 Å². The number of aliphatic hydroxyl groups excluding tert-OH is 1. The van der Waals surface area contributed by atoms with Gasteiger partial charge >= 0.3 is 0 Å². The van der Waals surface area contributed by atoms with Gasteiger partial charge in [-0.3, -0.25) is 0 Å². The molecule has 0 heterocycles. The van der Waals surface area contributed by atoms with Crippen molar-refractivity contribution in [3.05, 3.63) is 35.4 Å². The average Bonchev–Trinajstić information content (AvgIpc) is 2.85. The molecule has 0 radical (unpaired) electrons. The highest BCUT2D eigenvalue weighted by molar-refractivity contribution is 5.36. The maximum Gasteiger partial charge on any atom is 0.104 e. The van der Waals surface area contributed by atoms with E-state index >= 15 is 0 Å². The number of benzene rings is 1. The molecule has 0 saturated heterocycles. The first-order chi connectivity index (χ1) is 16.3. The molecule has 1 aromatic carbocycles. The first kappa shape index (κ1) is 29.6. The van der Waals surface area contributed by atoms with Crippen LogP contribution in [0.15, 0.2) is 24.3 Å². The Morgan fingerprint density at radius 3 is 1.82 bits per heavy atom. The second kappa shape index (κ2) is 22.4. The summed E-state index contributed by atoms with van der Waals surface area (Å²) in [5, 5.41) is 18.6. The normalized spacial score (nSPS) is 12.0. The molecule has 0 fully saturated rings. The smallest absolute Gasteiger partial charge is 0.104 e. The third kappa shape index (κ3) is 16.8. The van der Waals surface area contributed by atoms with Gasteiger partial charge in [0.25, 0.3) is 0 Å². The van der Waals surface area contributed by atoms with Gasteiger partial charge in [-0.1, -0.05) is 121 Å². The van der Waals surface area contributed by atoms with Gasteiger partial charge in [0.1, 0.15) is 6.10 Å². The molecular weight excluding hydrogens is 410 g/mol. The first-order valence-electron chi connectivity index (χ1n) is 13.6. The van der Waals surface area contributed by atoms with Crippen molar-refractivity contribution in [3.8, 4) is 6.07 Å². The molecule has 0 bridgehead atoms. The zero-order valence-corrected chi connectivity index (χ0v) is 21.2. The molecule has 33 heavy (non-hydrogen) atoms. The van der Waals surface area contributed by atoms with Gasteiger partial charge in [-0.25, -0.2) is 0 Å². The van der Waals surface area contributed by atoms with E-state index in [1.165, 1.54) is 96.3 Å². The van der Waals surface area contributed by atoms with Gasteiger partial charge in [0.2, 0.25) is 0 Å². The lowest BCUT2D eigenvalue weighted by Crippen LogP contribution is -2.24. The number of hydrogen-bond acceptors (Lipinski definition) is 4. The van der Waals surface area contributed by atoms with Gasteiger partial charge in [0.15, 0.2) is 0 Å². The molecule has 1 N–H and O–H groups in total. The zero-order chi connectivity index (χ0) is 23.8. The van der Waals surface area contributed by atoms with Crippen LogP contribution >= 0.6 is 0 Å². The lowest BCUT2D eigenvalue weighted by atomic mass is 10.0. The molecule has 0 spiro atoms.